The number of aromatic nitrogens is 3. The summed E-state index contributed by atoms with van der Waals surface area (Å²) in [5.74, 6) is 1.65. The number of hydrogen-bond acceptors (Lipinski definition) is 8. The van der Waals surface area contributed by atoms with Gasteiger partial charge in [0.15, 0.2) is 0 Å². The number of hydrogen-bond donors (Lipinski definition) is 0. The topological polar surface area (TPSA) is 97.1 Å². The summed E-state index contributed by atoms with van der Waals surface area (Å²) in [7, 11) is 8.38. The summed E-state index contributed by atoms with van der Waals surface area (Å²) in [6, 6.07) is 11.5. The fourth-order valence-electron chi connectivity index (χ4n) is 4.77. The SMILES string of the molecule is COc1ccc(Cn2ncc3c(-c4cc(OC)c(CN(C)CC(=O)OC(C)(C)C)c(OC)c4)cn(C)c(=O)c32)cc1. The molecule has 4 rings (SSSR count). The standard InChI is InChI=1S/C31H38N4O6/c1-31(2,3)41-28(36)19-33(4)17-25-26(39-7)13-21(14-27(25)40-8)24-18-34(5)30(37)29-23(24)15-32-35(29)16-20-9-11-22(38-6)12-10-20/h9-15,18H,16-17,19H2,1-8H3. The average molecular weight is 563 g/mol. The summed E-state index contributed by atoms with van der Waals surface area (Å²) in [5, 5.41) is 5.30. The monoisotopic (exact) mass is 562 g/mol. The van der Waals surface area contributed by atoms with Gasteiger partial charge in [0.25, 0.3) is 5.56 Å². The van der Waals surface area contributed by atoms with Crippen LogP contribution in [0, 0.1) is 0 Å². The molecule has 0 saturated carbocycles. The molecule has 218 valence electrons. The molecule has 0 atom stereocenters. The number of nitrogens with zero attached hydrogens (tertiary/aromatic N) is 4. The second kappa shape index (κ2) is 12.1. The van der Waals surface area contributed by atoms with Crippen molar-refractivity contribution >= 4 is 16.9 Å². The van der Waals surface area contributed by atoms with Gasteiger partial charge < -0.3 is 23.5 Å². The van der Waals surface area contributed by atoms with E-state index >= 15 is 0 Å². The molecule has 0 N–H and O–H groups in total. The van der Waals surface area contributed by atoms with Crippen molar-refractivity contribution in [3.63, 3.8) is 0 Å². The maximum Gasteiger partial charge on any atom is 0.320 e. The van der Waals surface area contributed by atoms with Gasteiger partial charge in [0, 0.05) is 30.7 Å². The Morgan fingerprint density at radius 3 is 2.20 bits per heavy atom. The third-order valence-corrected chi connectivity index (χ3v) is 6.63. The fraction of sp³-hybridized carbons (Fsp3) is 0.387. The van der Waals surface area contributed by atoms with Gasteiger partial charge in [-0.2, -0.15) is 5.10 Å². The lowest BCUT2D eigenvalue weighted by molar-refractivity contribution is -0.155. The normalized spacial score (nSPS) is 11.6. The zero-order valence-electron chi connectivity index (χ0n) is 25.0. The van der Waals surface area contributed by atoms with Gasteiger partial charge in [-0.05, 0) is 63.2 Å². The second-order valence-electron chi connectivity index (χ2n) is 11.0. The molecular weight excluding hydrogens is 524 g/mol. The molecule has 0 aliphatic carbocycles. The Morgan fingerprint density at radius 1 is 1.00 bits per heavy atom. The van der Waals surface area contributed by atoms with Gasteiger partial charge >= 0.3 is 5.97 Å². The van der Waals surface area contributed by atoms with E-state index in [2.05, 4.69) is 5.10 Å². The molecule has 2 heterocycles. The Morgan fingerprint density at radius 2 is 1.63 bits per heavy atom. The number of rotatable bonds is 10. The van der Waals surface area contributed by atoms with Crippen LogP contribution in [-0.2, 0) is 29.7 Å². The van der Waals surface area contributed by atoms with Crippen LogP contribution in [0.3, 0.4) is 0 Å². The van der Waals surface area contributed by atoms with Crippen LogP contribution in [0.5, 0.6) is 17.2 Å². The molecule has 2 aromatic heterocycles. The lowest BCUT2D eigenvalue weighted by Crippen LogP contribution is -2.32. The maximum atomic E-state index is 13.3. The molecule has 10 nitrogen and oxygen atoms in total. The first-order chi connectivity index (χ1) is 19.4. The molecule has 0 bridgehead atoms. The van der Waals surface area contributed by atoms with E-state index in [-0.39, 0.29) is 18.1 Å². The number of ether oxygens (including phenoxy) is 4. The van der Waals surface area contributed by atoms with Crippen molar-refractivity contribution in [1.29, 1.82) is 0 Å². The summed E-state index contributed by atoms with van der Waals surface area (Å²) >= 11 is 0. The van der Waals surface area contributed by atoms with Crippen molar-refractivity contribution < 1.29 is 23.7 Å². The van der Waals surface area contributed by atoms with Gasteiger partial charge in [-0.3, -0.25) is 19.2 Å². The van der Waals surface area contributed by atoms with Crippen molar-refractivity contribution in [3.05, 3.63) is 70.3 Å². The predicted molar refractivity (Wildman–Crippen MR) is 158 cm³/mol. The Hall–Kier alpha value is -4.31. The van der Waals surface area contributed by atoms with Gasteiger partial charge in [0.2, 0.25) is 0 Å². The van der Waals surface area contributed by atoms with E-state index in [9.17, 15) is 9.59 Å². The van der Waals surface area contributed by atoms with E-state index in [1.165, 1.54) is 0 Å². The molecule has 0 spiro atoms. The van der Waals surface area contributed by atoms with E-state index < -0.39 is 5.60 Å². The van der Waals surface area contributed by atoms with E-state index in [0.29, 0.717) is 30.1 Å². The zero-order valence-corrected chi connectivity index (χ0v) is 25.0. The van der Waals surface area contributed by atoms with Crippen LogP contribution in [0.2, 0.25) is 0 Å². The maximum absolute atomic E-state index is 13.3. The highest BCUT2D eigenvalue weighted by Gasteiger charge is 2.22. The lowest BCUT2D eigenvalue weighted by Gasteiger charge is -2.24. The van der Waals surface area contributed by atoms with Crippen LogP contribution in [0.1, 0.15) is 31.9 Å². The number of pyridine rings is 1. The molecule has 4 aromatic rings. The Kier molecular flexibility index (Phi) is 8.72. The number of likely N-dealkylation sites (N-methyl/N-ethyl adjacent to an activating group) is 1. The number of carbonyl (C=O) groups is 1. The third-order valence-electron chi connectivity index (χ3n) is 6.63. The molecule has 10 heteroatoms. The number of methoxy groups -OCH3 is 3. The largest absolute Gasteiger partial charge is 0.497 e. The molecule has 0 fully saturated rings. The highest BCUT2D eigenvalue weighted by Crippen LogP contribution is 2.38. The summed E-state index contributed by atoms with van der Waals surface area (Å²) in [6.07, 6.45) is 3.52. The van der Waals surface area contributed by atoms with Crippen LogP contribution in [0.25, 0.3) is 22.0 Å². The van der Waals surface area contributed by atoms with Gasteiger partial charge in [-0.1, -0.05) is 12.1 Å². The van der Waals surface area contributed by atoms with E-state index in [0.717, 1.165) is 33.4 Å². The molecular formula is C31H38N4O6. The van der Waals surface area contributed by atoms with E-state index in [4.69, 9.17) is 18.9 Å². The number of benzene rings is 2. The molecule has 0 radical (unpaired) electrons. The van der Waals surface area contributed by atoms with Gasteiger partial charge in [0.05, 0.1) is 46.2 Å². The van der Waals surface area contributed by atoms with Gasteiger partial charge in [-0.25, -0.2) is 0 Å². The minimum Gasteiger partial charge on any atom is -0.497 e. The Labute approximate surface area is 240 Å². The number of fused-ring (bicyclic) bond motifs is 1. The minimum absolute atomic E-state index is 0.111. The number of esters is 1. The number of aryl methyl sites for hydroxylation is 1. The minimum atomic E-state index is -0.557. The summed E-state index contributed by atoms with van der Waals surface area (Å²) in [6.45, 7) is 6.47. The lowest BCUT2D eigenvalue weighted by atomic mass is 10.0. The zero-order chi connectivity index (χ0) is 29.9. The van der Waals surface area contributed by atoms with Gasteiger partial charge in [0.1, 0.15) is 28.4 Å². The molecule has 2 aromatic carbocycles. The first-order valence-corrected chi connectivity index (χ1v) is 13.3. The van der Waals surface area contributed by atoms with Crippen molar-refractivity contribution in [2.45, 2.75) is 39.5 Å². The molecule has 0 aliphatic heterocycles. The van der Waals surface area contributed by atoms with Gasteiger partial charge in [-0.15, -0.1) is 0 Å². The molecule has 0 aliphatic rings. The highest BCUT2D eigenvalue weighted by molar-refractivity contribution is 5.94. The average Bonchev–Trinajstić information content (AvgIpc) is 3.33. The summed E-state index contributed by atoms with van der Waals surface area (Å²) in [4.78, 5) is 27.5. The Balaban J connectivity index is 1.71. The summed E-state index contributed by atoms with van der Waals surface area (Å²) in [5.41, 5.74) is 3.20. The molecule has 0 saturated heterocycles. The van der Waals surface area contributed by atoms with Crippen molar-refractivity contribution in [1.82, 2.24) is 19.2 Å². The number of carbonyl (C=O) groups excluding carboxylic acids is 1. The van der Waals surface area contributed by atoms with Crippen molar-refractivity contribution in [2.24, 2.45) is 7.05 Å². The molecule has 0 amide bonds. The van der Waals surface area contributed by atoms with E-state index in [1.54, 1.807) is 50.0 Å². The second-order valence-corrected chi connectivity index (χ2v) is 11.0. The van der Waals surface area contributed by atoms with Crippen molar-refractivity contribution in [2.75, 3.05) is 34.9 Å². The predicted octanol–water partition coefficient (Wildman–Crippen LogP) is 4.25. The smallest absolute Gasteiger partial charge is 0.320 e. The molecule has 41 heavy (non-hydrogen) atoms. The van der Waals surface area contributed by atoms with Crippen LogP contribution in [0.4, 0.5) is 0 Å². The Bertz CT molecular complexity index is 1570. The van der Waals surface area contributed by atoms with Crippen LogP contribution in [0.15, 0.2) is 53.6 Å². The van der Waals surface area contributed by atoms with Crippen LogP contribution >= 0.6 is 0 Å². The first-order valence-electron chi connectivity index (χ1n) is 13.3. The van der Waals surface area contributed by atoms with Crippen LogP contribution < -0.4 is 19.8 Å². The summed E-state index contributed by atoms with van der Waals surface area (Å²) < 4.78 is 25.6. The van der Waals surface area contributed by atoms with Crippen LogP contribution in [-0.4, -0.2) is 65.7 Å². The quantitative estimate of drug-likeness (QED) is 0.265. The van der Waals surface area contributed by atoms with Crippen molar-refractivity contribution in [3.8, 4) is 28.4 Å². The highest BCUT2D eigenvalue weighted by atomic mass is 16.6. The molecule has 0 unspecified atom stereocenters. The fourth-order valence-corrected chi connectivity index (χ4v) is 4.77. The first kappa shape index (κ1) is 29.7. The van der Waals surface area contributed by atoms with E-state index in [1.807, 2.05) is 69.1 Å². The third kappa shape index (κ3) is 6.71.